The maximum Gasteiger partial charge on any atom is 0.325 e. The zero-order valence-corrected chi connectivity index (χ0v) is 14.7. The van der Waals surface area contributed by atoms with E-state index >= 15 is 0 Å². The number of urea groups is 1. The lowest BCUT2D eigenvalue weighted by Crippen LogP contribution is -2.43. The summed E-state index contributed by atoms with van der Waals surface area (Å²) in [5, 5.41) is 5.43. The topological polar surface area (TPSA) is 101 Å². The van der Waals surface area contributed by atoms with Crippen LogP contribution in [0.3, 0.4) is 0 Å². The van der Waals surface area contributed by atoms with Crippen molar-refractivity contribution < 1.29 is 19.1 Å². The number of hydrogen-bond donors (Lipinski definition) is 2. The minimum Gasteiger partial charge on any atom is -0.481 e. The van der Waals surface area contributed by atoms with Crippen molar-refractivity contribution in [3.05, 3.63) is 53.7 Å². The summed E-state index contributed by atoms with van der Waals surface area (Å²) in [5.41, 5.74) is 1.25. The first kappa shape index (κ1) is 17.0. The van der Waals surface area contributed by atoms with E-state index in [4.69, 9.17) is 4.74 Å². The summed E-state index contributed by atoms with van der Waals surface area (Å²) in [5.74, 6) is -0.446. The Morgan fingerprint density at radius 1 is 1.30 bits per heavy atom. The van der Waals surface area contributed by atoms with E-state index in [0.717, 1.165) is 16.0 Å². The second kappa shape index (κ2) is 6.39. The Morgan fingerprint density at radius 3 is 2.85 bits per heavy atom. The summed E-state index contributed by atoms with van der Waals surface area (Å²) >= 11 is 0. The van der Waals surface area contributed by atoms with Crippen LogP contribution in [0.5, 0.6) is 5.88 Å². The van der Waals surface area contributed by atoms with Gasteiger partial charge in [0.2, 0.25) is 11.8 Å². The highest BCUT2D eigenvalue weighted by Crippen LogP contribution is 2.41. The predicted molar refractivity (Wildman–Crippen MR) is 96.1 cm³/mol. The molecule has 4 amide bonds. The van der Waals surface area contributed by atoms with Crippen LogP contribution in [0, 0.1) is 0 Å². The van der Waals surface area contributed by atoms with Gasteiger partial charge in [-0.05, 0) is 30.0 Å². The number of carbonyl (C=O) groups is 3. The standard InChI is InChI=1S/C19H18N4O4/c1-27-16-7-6-13(10-20-16)21-15(24)11-23-17(25)19(22-18(23)26)9-8-12-4-2-3-5-14(12)19/h2-7,10H,8-9,11H2,1H3,(H,21,24)(H,22,26)/t19-/m1/s1. The van der Waals surface area contributed by atoms with Crippen molar-refractivity contribution in [3.8, 4) is 5.88 Å². The van der Waals surface area contributed by atoms with Gasteiger partial charge < -0.3 is 15.4 Å². The van der Waals surface area contributed by atoms with Crippen LogP contribution in [0.2, 0.25) is 0 Å². The highest BCUT2D eigenvalue weighted by Gasteiger charge is 2.55. The van der Waals surface area contributed by atoms with Crippen molar-refractivity contribution in [1.82, 2.24) is 15.2 Å². The summed E-state index contributed by atoms with van der Waals surface area (Å²) in [6.07, 6.45) is 2.65. The number of hydrogen-bond acceptors (Lipinski definition) is 5. The minimum atomic E-state index is -1.06. The number of rotatable bonds is 4. The Hall–Kier alpha value is -3.42. The molecular weight excluding hydrogens is 348 g/mol. The SMILES string of the molecule is COc1ccc(NC(=O)CN2C(=O)N[C@@]3(CCc4ccccc43)C2=O)cn1. The van der Waals surface area contributed by atoms with Crippen molar-refractivity contribution in [2.45, 2.75) is 18.4 Å². The molecule has 1 aromatic carbocycles. The summed E-state index contributed by atoms with van der Waals surface area (Å²) in [7, 11) is 1.50. The average Bonchev–Trinajstić information content (AvgIpc) is 3.16. The van der Waals surface area contributed by atoms with E-state index in [-0.39, 0.29) is 12.5 Å². The molecule has 27 heavy (non-hydrogen) atoms. The van der Waals surface area contributed by atoms with E-state index in [9.17, 15) is 14.4 Å². The second-order valence-corrected chi connectivity index (χ2v) is 6.52. The van der Waals surface area contributed by atoms with Crippen LogP contribution < -0.4 is 15.4 Å². The Balaban J connectivity index is 1.49. The first-order valence-corrected chi connectivity index (χ1v) is 8.56. The number of pyridine rings is 1. The third kappa shape index (κ3) is 2.79. The zero-order chi connectivity index (χ0) is 19.0. The number of amides is 4. The van der Waals surface area contributed by atoms with E-state index in [1.165, 1.54) is 13.3 Å². The van der Waals surface area contributed by atoms with E-state index in [1.54, 1.807) is 12.1 Å². The molecule has 2 heterocycles. The normalized spacial score (nSPS) is 20.6. The Labute approximate surface area is 155 Å². The van der Waals surface area contributed by atoms with Crippen LogP contribution in [0.1, 0.15) is 17.5 Å². The van der Waals surface area contributed by atoms with E-state index in [2.05, 4.69) is 15.6 Å². The van der Waals surface area contributed by atoms with Gasteiger partial charge in [-0.2, -0.15) is 0 Å². The van der Waals surface area contributed by atoms with Crippen LogP contribution in [0.4, 0.5) is 10.5 Å². The van der Waals surface area contributed by atoms with Gasteiger partial charge in [0.25, 0.3) is 5.91 Å². The van der Waals surface area contributed by atoms with Crippen LogP contribution in [-0.4, -0.2) is 41.4 Å². The Morgan fingerprint density at radius 2 is 2.11 bits per heavy atom. The minimum absolute atomic E-state index is 0.361. The van der Waals surface area contributed by atoms with E-state index in [1.807, 2.05) is 24.3 Å². The number of carbonyl (C=O) groups excluding carboxylic acids is 3. The van der Waals surface area contributed by atoms with E-state index in [0.29, 0.717) is 24.4 Å². The second-order valence-electron chi connectivity index (χ2n) is 6.52. The monoisotopic (exact) mass is 366 g/mol. The van der Waals surface area contributed by atoms with Gasteiger partial charge in [-0.25, -0.2) is 9.78 Å². The van der Waals surface area contributed by atoms with Crippen molar-refractivity contribution in [3.63, 3.8) is 0 Å². The number of nitrogens with one attached hydrogen (secondary N) is 2. The first-order chi connectivity index (χ1) is 13.0. The van der Waals surface area contributed by atoms with Gasteiger partial charge in [0.15, 0.2) is 0 Å². The molecule has 1 saturated heterocycles. The molecule has 0 unspecified atom stereocenters. The number of methoxy groups -OCH3 is 1. The molecule has 0 saturated carbocycles. The summed E-state index contributed by atoms with van der Waals surface area (Å²) in [6, 6.07) is 10.2. The van der Waals surface area contributed by atoms with E-state index < -0.39 is 17.5 Å². The maximum atomic E-state index is 13.0. The number of anilines is 1. The average molecular weight is 366 g/mol. The molecule has 2 aromatic rings. The smallest absolute Gasteiger partial charge is 0.325 e. The fraction of sp³-hybridized carbons (Fsp3) is 0.263. The largest absolute Gasteiger partial charge is 0.481 e. The van der Waals surface area contributed by atoms with Crippen LogP contribution in [-0.2, 0) is 21.5 Å². The van der Waals surface area contributed by atoms with Gasteiger partial charge >= 0.3 is 6.03 Å². The van der Waals surface area contributed by atoms with Crippen LogP contribution >= 0.6 is 0 Å². The van der Waals surface area contributed by atoms with Gasteiger partial charge in [0, 0.05) is 6.07 Å². The van der Waals surface area contributed by atoms with Gasteiger partial charge in [-0.1, -0.05) is 24.3 Å². The summed E-state index contributed by atoms with van der Waals surface area (Å²) in [6.45, 7) is -0.361. The number of nitrogens with zero attached hydrogens (tertiary/aromatic N) is 2. The molecule has 1 aromatic heterocycles. The van der Waals surface area contributed by atoms with Crippen LogP contribution in [0.15, 0.2) is 42.6 Å². The first-order valence-electron chi connectivity index (χ1n) is 8.56. The number of aromatic nitrogens is 1. The molecule has 1 aliphatic heterocycles. The molecule has 0 radical (unpaired) electrons. The highest BCUT2D eigenvalue weighted by atomic mass is 16.5. The van der Waals surface area contributed by atoms with Gasteiger partial charge in [0.05, 0.1) is 19.0 Å². The van der Waals surface area contributed by atoms with Gasteiger partial charge in [-0.3, -0.25) is 14.5 Å². The van der Waals surface area contributed by atoms with Crippen molar-refractivity contribution in [2.75, 3.05) is 19.0 Å². The molecular formula is C19H18N4O4. The summed E-state index contributed by atoms with van der Waals surface area (Å²) in [4.78, 5) is 42.7. The molecule has 0 bridgehead atoms. The van der Waals surface area contributed by atoms with Gasteiger partial charge in [0.1, 0.15) is 12.1 Å². The Kier molecular flexibility index (Phi) is 4.02. The number of imide groups is 1. The van der Waals surface area contributed by atoms with Crippen molar-refractivity contribution >= 4 is 23.5 Å². The quantitative estimate of drug-likeness (QED) is 0.797. The molecule has 1 atom stereocenters. The maximum absolute atomic E-state index is 13.0. The highest BCUT2D eigenvalue weighted by molar-refractivity contribution is 6.10. The molecule has 1 spiro atoms. The molecule has 2 N–H and O–H groups in total. The zero-order valence-electron chi connectivity index (χ0n) is 14.7. The number of ether oxygens (including phenoxy) is 1. The Bertz CT molecular complexity index is 928. The fourth-order valence-corrected chi connectivity index (χ4v) is 3.65. The fourth-order valence-electron chi connectivity index (χ4n) is 3.65. The predicted octanol–water partition coefficient (Wildman–Crippen LogP) is 1.42. The lowest BCUT2D eigenvalue weighted by Gasteiger charge is -2.22. The molecule has 8 nitrogen and oxygen atoms in total. The van der Waals surface area contributed by atoms with Crippen LogP contribution in [0.25, 0.3) is 0 Å². The molecule has 4 rings (SSSR count). The van der Waals surface area contributed by atoms with Crippen molar-refractivity contribution in [2.24, 2.45) is 0 Å². The van der Waals surface area contributed by atoms with Crippen molar-refractivity contribution in [1.29, 1.82) is 0 Å². The molecule has 1 fully saturated rings. The third-order valence-electron chi connectivity index (χ3n) is 4.95. The molecule has 1 aliphatic carbocycles. The number of benzene rings is 1. The lowest BCUT2D eigenvalue weighted by atomic mass is 9.92. The molecule has 138 valence electrons. The summed E-state index contributed by atoms with van der Waals surface area (Å²) < 4.78 is 4.96. The third-order valence-corrected chi connectivity index (χ3v) is 4.95. The molecule has 8 heteroatoms. The number of aryl methyl sites for hydroxylation is 1. The van der Waals surface area contributed by atoms with Gasteiger partial charge in [-0.15, -0.1) is 0 Å². The molecule has 2 aliphatic rings. The lowest BCUT2D eigenvalue weighted by molar-refractivity contribution is -0.134. The number of fused-ring (bicyclic) bond motifs is 2.